The SMILES string of the molecule is COC(=O)c1cc(C(C)(C)C)sc1NC(=O)Nc1cccc(OC)c1. The van der Waals surface area contributed by atoms with Crippen molar-refractivity contribution >= 4 is 34.0 Å². The zero-order valence-corrected chi connectivity index (χ0v) is 15.7. The van der Waals surface area contributed by atoms with Crippen molar-refractivity contribution in [3.8, 4) is 5.75 Å². The Morgan fingerprint density at radius 2 is 1.80 bits per heavy atom. The monoisotopic (exact) mass is 362 g/mol. The van der Waals surface area contributed by atoms with E-state index in [1.807, 2.05) is 20.8 Å². The van der Waals surface area contributed by atoms with Gasteiger partial charge in [0.25, 0.3) is 0 Å². The summed E-state index contributed by atoms with van der Waals surface area (Å²) < 4.78 is 9.94. The Kier molecular flexibility index (Phi) is 5.69. The lowest BCUT2D eigenvalue weighted by atomic mass is 9.94. The first-order valence-electron chi connectivity index (χ1n) is 7.69. The maximum Gasteiger partial charge on any atom is 0.340 e. The van der Waals surface area contributed by atoms with Gasteiger partial charge in [-0.25, -0.2) is 9.59 Å². The van der Waals surface area contributed by atoms with E-state index in [-0.39, 0.29) is 5.41 Å². The van der Waals surface area contributed by atoms with Gasteiger partial charge in [0.2, 0.25) is 0 Å². The number of amides is 2. The van der Waals surface area contributed by atoms with Crippen LogP contribution in [-0.4, -0.2) is 26.2 Å². The number of hydrogen-bond acceptors (Lipinski definition) is 5. The van der Waals surface area contributed by atoms with Crippen molar-refractivity contribution < 1.29 is 19.1 Å². The van der Waals surface area contributed by atoms with E-state index in [1.54, 1.807) is 37.4 Å². The Hall–Kier alpha value is -2.54. The van der Waals surface area contributed by atoms with Gasteiger partial charge in [0.15, 0.2) is 0 Å². The van der Waals surface area contributed by atoms with Crippen LogP contribution in [0.2, 0.25) is 0 Å². The molecule has 2 aromatic rings. The van der Waals surface area contributed by atoms with E-state index in [0.717, 1.165) is 4.88 Å². The largest absolute Gasteiger partial charge is 0.497 e. The minimum Gasteiger partial charge on any atom is -0.497 e. The van der Waals surface area contributed by atoms with Gasteiger partial charge in [-0.15, -0.1) is 11.3 Å². The predicted octanol–water partition coefficient (Wildman–Crippen LogP) is 4.48. The van der Waals surface area contributed by atoms with E-state index in [2.05, 4.69) is 10.6 Å². The summed E-state index contributed by atoms with van der Waals surface area (Å²) >= 11 is 1.36. The van der Waals surface area contributed by atoms with Gasteiger partial charge in [0, 0.05) is 16.6 Å². The molecule has 6 nitrogen and oxygen atoms in total. The fourth-order valence-electron chi connectivity index (χ4n) is 2.08. The number of rotatable bonds is 4. The van der Waals surface area contributed by atoms with Crippen LogP contribution in [0.5, 0.6) is 5.75 Å². The maximum atomic E-state index is 12.3. The van der Waals surface area contributed by atoms with Gasteiger partial charge < -0.3 is 14.8 Å². The molecule has 2 rings (SSSR count). The van der Waals surface area contributed by atoms with Gasteiger partial charge in [-0.1, -0.05) is 26.8 Å². The first-order valence-corrected chi connectivity index (χ1v) is 8.51. The van der Waals surface area contributed by atoms with Gasteiger partial charge >= 0.3 is 12.0 Å². The third-order valence-corrected chi connectivity index (χ3v) is 4.91. The van der Waals surface area contributed by atoms with Crippen LogP contribution in [0.4, 0.5) is 15.5 Å². The highest BCUT2D eigenvalue weighted by atomic mass is 32.1. The van der Waals surface area contributed by atoms with Crippen LogP contribution < -0.4 is 15.4 Å². The highest BCUT2D eigenvalue weighted by Crippen LogP contribution is 2.36. The van der Waals surface area contributed by atoms with Crippen molar-refractivity contribution in [3.05, 3.63) is 40.8 Å². The molecule has 0 saturated carbocycles. The molecule has 1 aromatic carbocycles. The number of methoxy groups -OCH3 is 2. The Labute approximate surface area is 151 Å². The summed E-state index contributed by atoms with van der Waals surface area (Å²) in [5.41, 5.74) is 0.790. The number of hydrogen-bond donors (Lipinski definition) is 2. The second-order valence-corrected chi connectivity index (χ2v) is 7.46. The number of urea groups is 1. The number of carbonyl (C=O) groups is 2. The molecule has 0 fully saturated rings. The van der Waals surface area contributed by atoms with Crippen molar-refractivity contribution in [2.24, 2.45) is 0 Å². The lowest BCUT2D eigenvalue weighted by molar-refractivity contribution is 0.0602. The minimum absolute atomic E-state index is 0.142. The summed E-state index contributed by atoms with van der Waals surface area (Å²) in [5.74, 6) is 0.155. The van der Waals surface area contributed by atoms with Crippen LogP contribution in [-0.2, 0) is 10.2 Å². The topological polar surface area (TPSA) is 76.7 Å². The molecular formula is C18H22N2O4S. The van der Waals surface area contributed by atoms with Gasteiger partial charge in [-0.05, 0) is 23.6 Å². The lowest BCUT2D eigenvalue weighted by Gasteiger charge is -2.15. The smallest absolute Gasteiger partial charge is 0.340 e. The number of esters is 1. The lowest BCUT2D eigenvalue weighted by Crippen LogP contribution is -2.20. The molecule has 0 spiro atoms. The number of thiophene rings is 1. The maximum absolute atomic E-state index is 12.3. The highest BCUT2D eigenvalue weighted by molar-refractivity contribution is 7.16. The molecule has 0 bridgehead atoms. The molecule has 0 aliphatic carbocycles. The molecular weight excluding hydrogens is 340 g/mol. The summed E-state index contributed by atoms with van der Waals surface area (Å²) in [6.07, 6.45) is 0. The first-order chi connectivity index (χ1) is 11.7. The average Bonchev–Trinajstić information content (AvgIpc) is 2.98. The van der Waals surface area contributed by atoms with Crippen molar-refractivity contribution in [2.45, 2.75) is 26.2 Å². The van der Waals surface area contributed by atoms with E-state index in [1.165, 1.54) is 18.4 Å². The third-order valence-electron chi connectivity index (χ3n) is 3.43. The minimum atomic E-state index is -0.483. The number of carbonyl (C=O) groups excluding carboxylic acids is 2. The van der Waals surface area contributed by atoms with Gasteiger partial charge in [0.1, 0.15) is 10.8 Å². The van der Waals surface area contributed by atoms with Crippen LogP contribution >= 0.6 is 11.3 Å². The Morgan fingerprint density at radius 1 is 1.08 bits per heavy atom. The third kappa shape index (κ3) is 4.73. The molecule has 0 atom stereocenters. The molecule has 2 amide bonds. The summed E-state index contributed by atoms with van der Waals surface area (Å²) in [6.45, 7) is 6.12. The fourth-order valence-corrected chi connectivity index (χ4v) is 3.18. The van der Waals surface area contributed by atoms with Gasteiger partial charge in [0.05, 0.1) is 19.8 Å². The summed E-state index contributed by atoms with van der Waals surface area (Å²) in [5, 5.41) is 5.91. The molecule has 0 aliphatic rings. The van der Waals surface area contributed by atoms with Crippen LogP contribution in [0.15, 0.2) is 30.3 Å². The Morgan fingerprint density at radius 3 is 2.40 bits per heavy atom. The second-order valence-electron chi connectivity index (χ2n) is 6.41. The van der Waals surface area contributed by atoms with E-state index in [9.17, 15) is 9.59 Å². The molecule has 0 aliphatic heterocycles. The standard InChI is InChI=1S/C18H22N2O4S/c1-18(2,3)14-10-13(16(21)24-5)15(25-14)20-17(22)19-11-7-6-8-12(9-11)23-4/h6-10H,1-5H3,(H2,19,20,22). The Bertz CT molecular complexity index is 778. The number of ether oxygens (including phenoxy) is 2. The first kappa shape index (κ1) is 18.8. The zero-order valence-electron chi connectivity index (χ0n) is 14.9. The van der Waals surface area contributed by atoms with Crippen molar-refractivity contribution in [1.29, 1.82) is 0 Å². The average molecular weight is 362 g/mol. The zero-order chi connectivity index (χ0) is 18.6. The summed E-state index contributed by atoms with van der Waals surface area (Å²) in [4.78, 5) is 25.3. The number of benzene rings is 1. The van der Waals surface area contributed by atoms with Crippen molar-refractivity contribution in [1.82, 2.24) is 0 Å². The highest BCUT2D eigenvalue weighted by Gasteiger charge is 2.24. The van der Waals surface area contributed by atoms with Crippen molar-refractivity contribution in [3.63, 3.8) is 0 Å². The summed E-state index contributed by atoms with van der Waals surface area (Å²) in [6, 6.07) is 8.33. The van der Waals surface area contributed by atoms with Gasteiger partial charge in [-0.3, -0.25) is 5.32 Å². The number of anilines is 2. The van der Waals surface area contributed by atoms with E-state index >= 15 is 0 Å². The molecule has 1 heterocycles. The molecule has 0 saturated heterocycles. The van der Waals surface area contributed by atoms with E-state index in [4.69, 9.17) is 9.47 Å². The van der Waals surface area contributed by atoms with Crippen LogP contribution in [0.25, 0.3) is 0 Å². The second kappa shape index (κ2) is 7.57. The normalized spacial score (nSPS) is 10.9. The van der Waals surface area contributed by atoms with Gasteiger partial charge in [-0.2, -0.15) is 0 Å². The molecule has 0 radical (unpaired) electrons. The Balaban J connectivity index is 2.21. The quantitative estimate of drug-likeness (QED) is 0.786. The van der Waals surface area contributed by atoms with Crippen LogP contribution in [0.3, 0.4) is 0 Å². The molecule has 1 aromatic heterocycles. The summed E-state index contributed by atoms with van der Waals surface area (Å²) in [7, 11) is 2.87. The van der Waals surface area contributed by atoms with Crippen LogP contribution in [0.1, 0.15) is 36.0 Å². The molecule has 2 N–H and O–H groups in total. The van der Waals surface area contributed by atoms with E-state index < -0.39 is 12.0 Å². The predicted molar refractivity (Wildman–Crippen MR) is 100.0 cm³/mol. The molecule has 7 heteroatoms. The molecule has 0 unspecified atom stereocenters. The fraction of sp³-hybridized carbons (Fsp3) is 0.333. The van der Waals surface area contributed by atoms with Crippen LogP contribution in [0, 0.1) is 0 Å². The molecule has 134 valence electrons. The number of nitrogens with one attached hydrogen (secondary N) is 2. The van der Waals surface area contributed by atoms with Crippen molar-refractivity contribution in [2.75, 3.05) is 24.9 Å². The molecule has 25 heavy (non-hydrogen) atoms. The van der Waals surface area contributed by atoms with E-state index in [0.29, 0.717) is 22.0 Å².